The molecule has 6 rings (SSSR count). The van der Waals surface area contributed by atoms with Gasteiger partial charge in [0.25, 0.3) is 5.91 Å². The van der Waals surface area contributed by atoms with E-state index in [-0.39, 0.29) is 41.5 Å². The number of ether oxygens (including phenoxy) is 1. The molecule has 0 bridgehead atoms. The average Bonchev–Trinajstić information content (AvgIpc) is 3.82. The molecule has 4 heterocycles. The molecule has 2 atom stereocenters. The molecule has 2 aliphatic rings. The molecule has 14 heteroatoms. The molecular formula is C30H31F2N7O4S. The van der Waals surface area contributed by atoms with Crippen LogP contribution in [0.25, 0.3) is 22.0 Å². The summed E-state index contributed by atoms with van der Waals surface area (Å²) >= 11 is 1.22. The summed E-state index contributed by atoms with van der Waals surface area (Å²) in [5.74, 6) is -3.31. The fourth-order valence-corrected chi connectivity index (χ4v) is 6.64. The highest BCUT2D eigenvalue weighted by Gasteiger charge is 2.32. The van der Waals surface area contributed by atoms with Gasteiger partial charge in [-0.1, -0.05) is 32.1 Å². The summed E-state index contributed by atoms with van der Waals surface area (Å²) < 4.78 is 37.3. The zero-order chi connectivity index (χ0) is 30.6. The van der Waals surface area contributed by atoms with Crippen molar-refractivity contribution in [3.8, 4) is 22.0 Å². The van der Waals surface area contributed by atoms with E-state index in [0.717, 1.165) is 63.4 Å². The Bertz CT molecular complexity index is 1660. The van der Waals surface area contributed by atoms with Crippen LogP contribution in [0.2, 0.25) is 0 Å². The highest BCUT2D eigenvalue weighted by atomic mass is 32.1. The molecule has 4 aromatic heterocycles. The van der Waals surface area contributed by atoms with E-state index in [1.807, 2.05) is 0 Å². The van der Waals surface area contributed by atoms with Gasteiger partial charge in [0, 0.05) is 29.3 Å². The minimum Gasteiger partial charge on any atom is -0.442 e. The third kappa shape index (κ3) is 6.44. The number of aromatic nitrogens is 6. The van der Waals surface area contributed by atoms with Crippen LogP contribution in [0.5, 0.6) is 0 Å². The Morgan fingerprint density at radius 1 is 1.02 bits per heavy atom. The van der Waals surface area contributed by atoms with Gasteiger partial charge in [-0.25, -0.2) is 19.0 Å². The van der Waals surface area contributed by atoms with Crippen LogP contribution < -0.4 is 5.32 Å². The average molecular weight is 624 g/mol. The normalized spacial score (nSPS) is 19.0. The Labute approximate surface area is 255 Å². The maximum atomic E-state index is 14.7. The Hall–Kier alpha value is -4.33. The van der Waals surface area contributed by atoms with Crippen molar-refractivity contribution in [1.82, 2.24) is 29.5 Å². The number of hydrogen-bond donors (Lipinski definition) is 1. The minimum absolute atomic E-state index is 0.0416. The molecule has 2 unspecified atom stereocenters. The van der Waals surface area contributed by atoms with E-state index in [2.05, 4.69) is 25.5 Å². The van der Waals surface area contributed by atoms with Crippen molar-refractivity contribution in [3.05, 3.63) is 53.6 Å². The number of nitrogens with zero attached hydrogens (tertiary/aromatic N) is 6. The van der Waals surface area contributed by atoms with Crippen molar-refractivity contribution in [2.24, 2.45) is 11.8 Å². The van der Waals surface area contributed by atoms with Crippen LogP contribution in [0, 0.1) is 23.6 Å². The standard InChI is InChI=1S/C30H31F2N7O4S/c31-22-10-11-25(32)36-26(22)27-23(14-39(37-27)20-7-2-1-3-8-20)34-28(41)24-16-44-29(35-24)19-12-33-38(13-19)17-43-30(42)21-9-5-4-6-18(21)15-40/h10-16,18,20-21H,1-9,17H2,(H,34,41). The number of nitrogens with one attached hydrogen (secondary N) is 1. The summed E-state index contributed by atoms with van der Waals surface area (Å²) in [5, 5.41) is 13.6. The third-order valence-corrected chi connectivity index (χ3v) is 9.11. The number of pyridine rings is 1. The molecule has 0 spiro atoms. The predicted molar refractivity (Wildman–Crippen MR) is 156 cm³/mol. The van der Waals surface area contributed by atoms with Crippen molar-refractivity contribution in [2.45, 2.75) is 70.6 Å². The zero-order valence-corrected chi connectivity index (χ0v) is 24.6. The van der Waals surface area contributed by atoms with E-state index >= 15 is 0 Å². The topological polar surface area (TPSA) is 134 Å². The van der Waals surface area contributed by atoms with Crippen LogP contribution in [-0.2, 0) is 21.1 Å². The SMILES string of the molecule is O=CC1CCCCC1C(=O)OCn1cc(-c2nc(C(=O)Nc3cn(C4CCCCC4)nc3-c3nc(F)ccc3F)cs2)cn1. The summed E-state index contributed by atoms with van der Waals surface area (Å²) in [7, 11) is 0. The van der Waals surface area contributed by atoms with Crippen LogP contribution in [-0.4, -0.2) is 47.7 Å². The first kappa shape index (κ1) is 29.7. The lowest BCUT2D eigenvalue weighted by Crippen LogP contribution is -2.30. The molecule has 4 aromatic rings. The van der Waals surface area contributed by atoms with Crippen LogP contribution >= 0.6 is 11.3 Å². The number of rotatable bonds is 9. The van der Waals surface area contributed by atoms with Crippen molar-refractivity contribution < 1.29 is 27.9 Å². The Morgan fingerprint density at radius 2 is 1.82 bits per heavy atom. The molecule has 1 N–H and O–H groups in total. The van der Waals surface area contributed by atoms with Gasteiger partial charge in [-0.3, -0.25) is 14.3 Å². The van der Waals surface area contributed by atoms with Gasteiger partial charge < -0.3 is 14.8 Å². The third-order valence-electron chi connectivity index (χ3n) is 8.22. The minimum atomic E-state index is -0.857. The van der Waals surface area contributed by atoms with Crippen LogP contribution in [0.15, 0.2) is 36.1 Å². The fourth-order valence-electron chi connectivity index (χ4n) is 5.87. The number of carbonyl (C=O) groups excluding carboxylic acids is 3. The van der Waals surface area contributed by atoms with Gasteiger partial charge in [-0.05, 0) is 37.8 Å². The molecule has 2 aliphatic carbocycles. The van der Waals surface area contributed by atoms with E-state index < -0.39 is 29.6 Å². The number of esters is 1. The number of halogens is 2. The predicted octanol–water partition coefficient (Wildman–Crippen LogP) is 5.81. The molecule has 11 nitrogen and oxygen atoms in total. The molecule has 1 amide bonds. The van der Waals surface area contributed by atoms with Gasteiger partial charge in [0.05, 0.1) is 23.8 Å². The first-order chi connectivity index (χ1) is 21.4. The lowest BCUT2D eigenvalue weighted by molar-refractivity contribution is -0.157. The molecule has 0 aliphatic heterocycles. The number of carbonyl (C=O) groups is 3. The van der Waals surface area contributed by atoms with E-state index in [1.165, 1.54) is 16.0 Å². The Balaban J connectivity index is 1.15. The van der Waals surface area contributed by atoms with Gasteiger partial charge in [0.15, 0.2) is 12.5 Å². The van der Waals surface area contributed by atoms with Crippen LogP contribution in [0.4, 0.5) is 14.5 Å². The molecule has 2 fully saturated rings. The Kier molecular flexibility index (Phi) is 8.87. The van der Waals surface area contributed by atoms with E-state index in [1.54, 1.807) is 28.7 Å². The van der Waals surface area contributed by atoms with Crippen molar-refractivity contribution in [1.29, 1.82) is 0 Å². The Morgan fingerprint density at radius 3 is 2.64 bits per heavy atom. The second kappa shape index (κ2) is 13.1. The summed E-state index contributed by atoms with van der Waals surface area (Å²) in [5.41, 5.74) is 0.694. The van der Waals surface area contributed by atoms with Gasteiger partial charge in [-0.2, -0.15) is 14.6 Å². The molecule has 0 saturated heterocycles. The second-order valence-electron chi connectivity index (χ2n) is 11.2. The lowest BCUT2D eigenvalue weighted by Gasteiger charge is -2.25. The molecular weight excluding hydrogens is 592 g/mol. The van der Waals surface area contributed by atoms with Crippen molar-refractivity contribution in [3.63, 3.8) is 0 Å². The monoisotopic (exact) mass is 623 g/mol. The number of amides is 1. The van der Waals surface area contributed by atoms with Crippen molar-refractivity contribution >= 4 is 35.2 Å². The van der Waals surface area contributed by atoms with Gasteiger partial charge in [0.1, 0.15) is 28.4 Å². The zero-order valence-electron chi connectivity index (χ0n) is 23.8. The van der Waals surface area contributed by atoms with E-state index in [9.17, 15) is 23.2 Å². The fraction of sp³-hybridized carbons (Fsp3) is 0.433. The largest absolute Gasteiger partial charge is 0.442 e. The quantitative estimate of drug-likeness (QED) is 0.140. The highest BCUT2D eigenvalue weighted by Crippen LogP contribution is 2.34. The molecule has 2 saturated carbocycles. The summed E-state index contributed by atoms with van der Waals surface area (Å²) in [6.07, 6.45) is 13.8. The number of hydrogen-bond acceptors (Lipinski definition) is 9. The first-order valence-electron chi connectivity index (χ1n) is 14.7. The summed E-state index contributed by atoms with van der Waals surface area (Å²) in [6, 6.07) is 1.99. The van der Waals surface area contributed by atoms with Crippen molar-refractivity contribution in [2.75, 3.05) is 5.32 Å². The van der Waals surface area contributed by atoms with E-state index in [0.29, 0.717) is 23.4 Å². The maximum Gasteiger partial charge on any atom is 0.311 e. The second-order valence-corrected chi connectivity index (χ2v) is 12.0. The number of anilines is 1. The maximum absolute atomic E-state index is 14.7. The van der Waals surface area contributed by atoms with Gasteiger partial charge >= 0.3 is 5.97 Å². The molecule has 44 heavy (non-hydrogen) atoms. The molecule has 0 radical (unpaired) electrons. The number of aldehydes is 1. The van der Waals surface area contributed by atoms with Crippen LogP contribution in [0.3, 0.4) is 0 Å². The van der Waals surface area contributed by atoms with Crippen LogP contribution in [0.1, 0.15) is 74.3 Å². The highest BCUT2D eigenvalue weighted by molar-refractivity contribution is 7.13. The molecule has 230 valence electrons. The summed E-state index contributed by atoms with van der Waals surface area (Å²) in [4.78, 5) is 45.3. The summed E-state index contributed by atoms with van der Waals surface area (Å²) in [6.45, 7) is -0.113. The van der Waals surface area contributed by atoms with E-state index in [4.69, 9.17) is 4.74 Å². The first-order valence-corrected chi connectivity index (χ1v) is 15.6. The lowest BCUT2D eigenvalue weighted by atomic mass is 9.80. The van der Waals surface area contributed by atoms with Gasteiger partial charge in [0.2, 0.25) is 5.95 Å². The number of thiazole rings is 1. The van der Waals surface area contributed by atoms with Gasteiger partial charge in [-0.15, -0.1) is 11.3 Å². The molecule has 0 aromatic carbocycles. The smallest absolute Gasteiger partial charge is 0.311 e.